The Bertz CT molecular complexity index is 159. The third-order valence-corrected chi connectivity index (χ3v) is 3.28. The first kappa shape index (κ1) is 12.9. The quantitative estimate of drug-likeness (QED) is 0.637. The van der Waals surface area contributed by atoms with Gasteiger partial charge in [-0.2, -0.15) is 0 Å². The highest BCUT2D eigenvalue weighted by Crippen LogP contribution is 2.18. The zero-order valence-electron chi connectivity index (χ0n) is 10.6. The van der Waals surface area contributed by atoms with E-state index < -0.39 is 0 Å². The van der Waals surface area contributed by atoms with Gasteiger partial charge in [-0.1, -0.05) is 6.92 Å². The Morgan fingerprint density at radius 3 is 2.80 bits per heavy atom. The summed E-state index contributed by atoms with van der Waals surface area (Å²) < 4.78 is 0. The van der Waals surface area contributed by atoms with Crippen LogP contribution in [0.4, 0.5) is 0 Å². The zero-order chi connectivity index (χ0) is 11.1. The second kappa shape index (κ2) is 7.20. The molecule has 1 aliphatic heterocycles. The molecule has 3 nitrogen and oxygen atoms in total. The lowest BCUT2D eigenvalue weighted by Gasteiger charge is -2.23. The van der Waals surface area contributed by atoms with Gasteiger partial charge < -0.3 is 10.2 Å². The van der Waals surface area contributed by atoms with E-state index >= 15 is 0 Å². The van der Waals surface area contributed by atoms with Crippen LogP contribution in [0.15, 0.2) is 0 Å². The number of nitrogens with one attached hydrogen (secondary N) is 1. The average molecular weight is 213 g/mol. The molecule has 1 aliphatic rings. The summed E-state index contributed by atoms with van der Waals surface area (Å²) in [5.41, 5.74) is 0. The molecular formula is C12H27N3. The van der Waals surface area contributed by atoms with Crippen molar-refractivity contribution < 1.29 is 0 Å². The maximum Gasteiger partial charge on any atom is 0.0110 e. The van der Waals surface area contributed by atoms with Crippen LogP contribution in [-0.2, 0) is 0 Å². The highest BCUT2D eigenvalue weighted by atomic mass is 15.2. The van der Waals surface area contributed by atoms with Crippen LogP contribution in [0.1, 0.15) is 26.2 Å². The molecule has 1 unspecified atom stereocenters. The standard InChI is InChI=1S/C12H27N3/c1-4-12-6-5-9-15(12)11-8-13-7-10-14(2)3/h12-13H,4-11H2,1-3H3. The Morgan fingerprint density at radius 2 is 2.13 bits per heavy atom. The van der Waals surface area contributed by atoms with Crippen LogP contribution in [0, 0.1) is 0 Å². The van der Waals surface area contributed by atoms with Gasteiger partial charge in [-0.05, 0) is 39.9 Å². The second-order valence-corrected chi connectivity index (χ2v) is 4.79. The molecule has 1 fully saturated rings. The molecule has 90 valence electrons. The zero-order valence-corrected chi connectivity index (χ0v) is 10.6. The molecule has 1 rings (SSSR count). The number of hydrogen-bond acceptors (Lipinski definition) is 3. The first-order valence-electron chi connectivity index (χ1n) is 6.33. The van der Waals surface area contributed by atoms with E-state index in [0.29, 0.717) is 0 Å². The summed E-state index contributed by atoms with van der Waals surface area (Å²) in [5.74, 6) is 0. The van der Waals surface area contributed by atoms with Crippen molar-refractivity contribution in [2.75, 3.05) is 46.8 Å². The summed E-state index contributed by atoms with van der Waals surface area (Å²) in [4.78, 5) is 4.86. The van der Waals surface area contributed by atoms with E-state index in [2.05, 4.69) is 36.1 Å². The molecule has 0 amide bonds. The van der Waals surface area contributed by atoms with E-state index in [0.717, 1.165) is 25.7 Å². The summed E-state index contributed by atoms with van der Waals surface area (Å²) in [6, 6.07) is 0.862. The third kappa shape index (κ3) is 4.96. The molecule has 0 spiro atoms. The Balaban J connectivity index is 1.99. The fourth-order valence-electron chi connectivity index (χ4n) is 2.30. The largest absolute Gasteiger partial charge is 0.314 e. The average Bonchev–Trinajstić information content (AvgIpc) is 2.64. The van der Waals surface area contributed by atoms with E-state index in [9.17, 15) is 0 Å². The Morgan fingerprint density at radius 1 is 1.33 bits per heavy atom. The molecule has 3 heteroatoms. The van der Waals surface area contributed by atoms with Crippen molar-refractivity contribution in [3.05, 3.63) is 0 Å². The van der Waals surface area contributed by atoms with Gasteiger partial charge in [0.25, 0.3) is 0 Å². The van der Waals surface area contributed by atoms with E-state index in [1.165, 1.54) is 32.4 Å². The van der Waals surface area contributed by atoms with Crippen LogP contribution in [0.5, 0.6) is 0 Å². The van der Waals surface area contributed by atoms with Gasteiger partial charge in [-0.15, -0.1) is 0 Å². The molecule has 15 heavy (non-hydrogen) atoms. The molecule has 0 saturated carbocycles. The van der Waals surface area contributed by atoms with Crippen molar-refractivity contribution in [2.24, 2.45) is 0 Å². The van der Waals surface area contributed by atoms with Gasteiger partial charge in [-0.25, -0.2) is 0 Å². The lowest BCUT2D eigenvalue weighted by atomic mass is 10.2. The number of likely N-dealkylation sites (N-methyl/N-ethyl adjacent to an activating group) is 1. The van der Waals surface area contributed by atoms with Crippen LogP contribution in [0.25, 0.3) is 0 Å². The molecule has 1 heterocycles. The van der Waals surface area contributed by atoms with Crippen molar-refractivity contribution in [3.63, 3.8) is 0 Å². The third-order valence-electron chi connectivity index (χ3n) is 3.28. The van der Waals surface area contributed by atoms with E-state index in [4.69, 9.17) is 0 Å². The smallest absolute Gasteiger partial charge is 0.0110 e. The van der Waals surface area contributed by atoms with E-state index in [1.54, 1.807) is 0 Å². The fraction of sp³-hybridized carbons (Fsp3) is 1.00. The van der Waals surface area contributed by atoms with Gasteiger partial charge >= 0.3 is 0 Å². The monoisotopic (exact) mass is 213 g/mol. The lowest BCUT2D eigenvalue weighted by molar-refractivity contribution is 0.247. The van der Waals surface area contributed by atoms with Gasteiger partial charge in [0, 0.05) is 32.2 Å². The van der Waals surface area contributed by atoms with E-state index in [-0.39, 0.29) is 0 Å². The van der Waals surface area contributed by atoms with Crippen LogP contribution in [0.2, 0.25) is 0 Å². The minimum absolute atomic E-state index is 0.862. The van der Waals surface area contributed by atoms with Crippen molar-refractivity contribution >= 4 is 0 Å². The van der Waals surface area contributed by atoms with Gasteiger partial charge in [0.15, 0.2) is 0 Å². The Labute approximate surface area is 94.8 Å². The maximum absolute atomic E-state index is 3.50. The molecule has 0 radical (unpaired) electrons. The van der Waals surface area contributed by atoms with Gasteiger partial charge in [-0.3, -0.25) is 4.90 Å². The minimum Gasteiger partial charge on any atom is -0.314 e. The predicted octanol–water partition coefficient (Wildman–Crippen LogP) is 1.01. The molecule has 1 saturated heterocycles. The summed E-state index contributed by atoms with van der Waals surface area (Å²) in [7, 11) is 4.24. The molecule has 1 N–H and O–H groups in total. The number of hydrogen-bond donors (Lipinski definition) is 1. The Kier molecular flexibility index (Phi) is 6.22. The molecule has 0 aromatic heterocycles. The first-order chi connectivity index (χ1) is 7.24. The minimum atomic E-state index is 0.862. The van der Waals surface area contributed by atoms with Gasteiger partial charge in [0.1, 0.15) is 0 Å². The highest BCUT2D eigenvalue weighted by Gasteiger charge is 2.21. The number of likely N-dealkylation sites (tertiary alicyclic amines) is 1. The first-order valence-corrected chi connectivity index (χ1v) is 6.33. The van der Waals surface area contributed by atoms with Gasteiger partial charge in [0.05, 0.1) is 0 Å². The van der Waals surface area contributed by atoms with Crippen molar-refractivity contribution in [1.82, 2.24) is 15.1 Å². The topological polar surface area (TPSA) is 18.5 Å². The highest BCUT2D eigenvalue weighted by molar-refractivity contribution is 4.78. The van der Waals surface area contributed by atoms with Gasteiger partial charge in [0.2, 0.25) is 0 Å². The molecule has 0 aromatic carbocycles. The van der Waals surface area contributed by atoms with Crippen LogP contribution in [0.3, 0.4) is 0 Å². The maximum atomic E-state index is 3.50. The number of nitrogens with zero attached hydrogens (tertiary/aromatic N) is 2. The Hall–Kier alpha value is -0.120. The van der Waals surface area contributed by atoms with Crippen LogP contribution in [-0.4, -0.2) is 62.7 Å². The summed E-state index contributed by atoms with van der Waals surface area (Å²) in [5, 5.41) is 3.50. The molecule has 0 aromatic rings. The van der Waals surface area contributed by atoms with Crippen LogP contribution >= 0.6 is 0 Å². The van der Waals surface area contributed by atoms with Crippen LogP contribution < -0.4 is 5.32 Å². The molecule has 0 aliphatic carbocycles. The fourth-order valence-corrected chi connectivity index (χ4v) is 2.30. The SMILES string of the molecule is CCC1CCCN1CCNCCN(C)C. The molecule has 0 bridgehead atoms. The summed E-state index contributed by atoms with van der Waals surface area (Å²) in [6.07, 6.45) is 4.13. The second-order valence-electron chi connectivity index (χ2n) is 4.79. The molecular weight excluding hydrogens is 186 g/mol. The lowest BCUT2D eigenvalue weighted by Crippen LogP contribution is -2.37. The normalized spacial score (nSPS) is 22.8. The van der Waals surface area contributed by atoms with Crippen molar-refractivity contribution in [3.8, 4) is 0 Å². The van der Waals surface area contributed by atoms with Crippen molar-refractivity contribution in [2.45, 2.75) is 32.2 Å². The summed E-state index contributed by atoms with van der Waals surface area (Å²) in [6.45, 7) is 8.24. The predicted molar refractivity (Wildman–Crippen MR) is 66.3 cm³/mol. The van der Waals surface area contributed by atoms with E-state index in [1.807, 2.05) is 0 Å². The number of rotatable bonds is 7. The summed E-state index contributed by atoms with van der Waals surface area (Å²) >= 11 is 0. The molecule has 1 atom stereocenters. The van der Waals surface area contributed by atoms with Crippen molar-refractivity contribution in [1.29, 1.82) is 0 Å².